The standard InChI is InChI=1S/C12H21N3O5/c1-20-8-6-13-10(16)4-5-14-12(19)15-7-2-3-9(15)11(17)18/h9H,2-8H2,1H3,(H,13,16)(H,14,19)(H,17,18)/t9-/m1/s1. The molecule has 1 aliphatic heterocycles. The molecule has 0 bridgehead atoms. The molecule has 0 aromatic heterocycles. The van der Waals surface area contributed by atoms with Crippen LogP contribution in [-0.2, 0) is 14.3 Å². The molecule has 1 heterocycles. The molecule has 20 heavy (non-hydrogen) atoms. The van der Waals surface area contributed by atoms with E-state index in [2.05, 4.69) is 10.6 Å². The smallest absolute Gasteiger partial charge is 0.326 e. The second kappa shape index (κ2) is 8.36. The lowest BCUT2D eigenvalue weighted by atomic mass is 10.2. The molecular weight excluding hydrogens is 266 g/mol. The van der Waals surface area contributed by atoms with E-state index in [9.17, 15) is 14.4 Å². The van der Waals surface area contributed by atoms with Gasteiger partial charge in [0.05, 0.1) is 6.61 Å². The zero-order chi connectivity index (χ0) is 15.0. The van der Waals surface area contributed by atoms with Crippen LogP contribution in [0, 0.1) is 0 Å². The molecule has 1 atom stereocenters. The molecule has 1 rings (SSSR count). The average molecular weight is 287 g/mol. The maximum absolute atomic E-state index is 11.8. The molecule has 0 aromatic carbocycles. The summed E-state index contributed by atoms with van der Waals surface area (Å²) in [5.74, 6) is -1.17. The van der Waals surface area contributed by atoms with Crippen LogP contribution in [0.5, 0.6) is 0 Å². The van der Waals surface area contributed by atoms with Gasteiger partial charge >= 0.3 is 12.0 Å². The van der Waals surface area contributed by atoms with Crippen LogP contribution in [0.2, 0.25) is 0 Å². The molecular formula is C12H21N3O5. The molecule has 1 aliphatic rings. The van der Waals surface area contributed by atoms with Crippen LogP contribution >= 0.6 is 0 Å². The molecule has 0 aliphatic carbocycles. The van der Waals surface area contributed by atoms with Gasteiger partial charge in [-0.3, -0.25) is 4.79 Å². The minimum atomic E-state index is -0.991. The number of carboxylic acid groups (broad SMARTS) is 1. The number of nitrogens with zero attached hydrogens (tertiary/aromatic N) is 1. The van der Waals surface area contributed by atoms with Crippen LogP contribution in [0.4, 0.5) is 4.79 Å². The number of ether oxygens (including phenoxy) is 1. The number of methoxy groups -OCH3 is 1. The first-order valence-electron chi connectivity index (χ1n) is 6.59. The Morgan fingerprint density at radius 3 is 2.70 bits per heavy atom. The van der Waals surface area contributed by atoms with Crippen molar-refractivity contribution in [2.24, 2.45) is 0 Å². The number of urea groups is 1. The summed E-state index contributed by atoms with van der Waals surface area (Å²) in [5.41, 5.74) is 0. The average Bonchev–Trinajstić information content (AvgIpc) is 2.88. The van der Waals surface area contributed by atoms with E-state index < -0.39 is 18.0 Å². The van der Waals surface area contributed by atoms with E-state index in [1.54, 1.807) is 7.11 Å². The van der Waals surface area contributed by atoms with Crippen LogP contribution < -0.4 is 10.6 Å². The largest absolute Gasteiger partial charge is 0.480 e. The van der Waals surface area contributed by atoms with Gasteiger partial charge in [0, 0.05) is 33.2 Å². The number of carboxylic acids is 1. The lowest BCUT2D eigenvalue weighted by Crippen LogP contribution is -2.46. The van der Waals surface area contributed by atoms with Gasteiger partial charge in [0.25, 0.3) is 0 Å². The van der Waals surface area contributed by atoms with Gasteiger partial charge in [-0.25, -0.2) is 9.59 Å². The molecule has 0 spiro atoms. The zero-order valence-corrected chi connectivity index (χ0v) is 11.6. The third kappa shape index (κ3) is 5.04. The molecule has 0 unspecified atom stereocenters. The van der Waals surface area contributed by atoms with Crippen molar-refractivity contribution in [1.29, 1.82) is 0 Å². The Kier molecular flexibility index (Phi) is 6.78. The number of likely N-dealkylation sites (tertiary alicyclic amines) is 1. The second-order valence-electron chi connectivity index (χ2n) is 4.51. The molecule has 3 N–H and O–H groups in total. The summed E-state index contributed by atoms with van der Waals surface area (Å²) < 4.78 is 4.79. The minimum absolute atomic E-state index is 0.154. The molecule has 0 saturated carbocycles. The van der Waals surface area contributed by atoms with Crippen LogP contribution in [-0.4, -0.2) is 67.3 Å². The normalized spacial score (nSPS) is 17.9. The van der Waals surface area contributed by atoms with Crippen LogP contribution in [0.25, 0.3) is 0 Å². The SMILES string of the molecule is COCCNC(=O)CCNC(=O)N1CCC[C@@H]1C(=O)O. The van der Waals surface area contributed by atoms with Crippen molar-refractivity contribution in [3.05, 3.63) is 0 Å². The van der Waals surface area contributed by atoms with Crippen molar-refractivity contribution in [1.82, 2.24) is 15.5 Å². The molecule has 0 aromatic rings. The molecule has 8 heteroatoms. The monoisotopic (exact) mass is 287 g/mol. The summed E-state index contributed by atoms with van der Waals surface area (Å²) in [6.45, 7) is 1.48. The van der Waals surface area contributed by atoms with E-state index in [1.807, 2.05) is 0 Å². The number of carbonyl (C=O) groups excluding carboxylic acids is 2. The fourth-order valence-electron chi connectivity index (χ4n) is 2.03. The summed E-state index contributed by atoms with van der Waals surface area (Å²) in [6.07, 6.45) is 1.31. The number of hydrogen-bond donors (Lipinski definition) is 3. The lowest BCUT2D eigenvalue weighted by Gasteiger charge is -2.21. The summed E-state index contributed by atoms with van der Waals surface area (Å²) in [4.78, 5) is 35.4. The van der Waals surface area contributed by atoms with Crippen LogP contribution in [0.15, 0.2) is 0 Å². The Bertz CT molecular complexity index is 361. The van der Waals surface area contributed by atoms with Crippen LogP contribution in [0.3, 0.4) is 0 Å². The predicted octanol–water partition coefficient (Wildman–Crippen LogP) is -0.602. The number of nitrogens with one attached hydrogen (secondary N) is 2. The van der Waals surface area contributed by atoms with E-state index in [0.29, 0.717) is 32.5 Å². The number of aliphatic carboxylic acids is 1. The van der Waals surface area contributed by atoms with Crippen molar-refractivity contribution in [3.8, 4) is 0 Å². The minimum Gasteiger partial charge on any atom is -0.480 e. The second-order valence-corrected chi connectivity index (χ2v) is 4.51. The summed E-state index contributed by atoms with van der Waals surface area (Å²) in [6, 6.07) is -1.19. The van der Waals surface area contributed by atoms with E-state index in [1.165, 1.54) is 4.90 Å². The molecule has 8 nitrogen and oxygen atoms in total. The van der Waals surface area contributed by atoms with Crippen molar-refractivity contribution in [2.45, 2.75) is 25.3 Å². The van der Waals surface area contributed by atoms with Crippen molar-refractivity contribution in [2.75, 3.05) is 33.4 Å². The Balaban J connectivity index is 2.23. The Hall–Kier alpha value is -1.83. The molecule has 1 saturated heterocycles. The predicted molar refractivity (Wildman–Crippen MR) is 70.3 cm³/mol. The number of amides is 3. The van der Waals surface area contributed by atoms with Gasteiger partial charge in [-0.1, -0.05) is 0 Å². The molecule has 114 valence electrons. The van der Waals surface area contributed by atoms with Crippen molar-refractivity contribution in [3.63, 3.8) is 0 Å². The summed E-state index contributed by atoms with van der Waals surface area (Å²) >= 11 is 0. The lowest BCUT2D eigenvalue weighted by molar-refractivity contribution is -0.141. The molecule has 0 radical (unpaired) electrons. The Morgan fingerprint density at radius 1 is 1.30 bits per heavy atom. The first kappa shape index (κ1) is 16.2. The van der Waals surface area contributed by atoms with Gasteiger partial charge in [0.1, 0.15) is 6.04 Å². The van der Waals surface area contributed by atoms with Gasteiger partial charge in [-0.2, -0.15) is 0 Å². The first-order valence-corrected chi connectivity index (χ1v) is 6.59. The van der Waals surface area contributed by atoms with E-state index >= 15 is 0 Å². The highest BCUT2D eigenvalue weighted by Gasteiger charge is 2.33. The van der Waals surface area contributed by atoms with Crippen molar-refractivity contribution < 1.29 is 24.2 Å². The van der Waals surface area contributed by atoms with E-state index in [0.717, 1.165) is 0 Å². The summed E-state index contributed by atoms with van der Waals surface area (Å²) in [5, 5.41) is 14.2. The fraction of sp³-hybridized carbons (Fsp3) is 0.750. The number of rotatable bonds is 7. The highest BCUT2D eigenvalue weighted by molar-refractivity contribution is 5.83. The van der Waals surface area contributed by atoms with E-state index in [4.69, 9.17) is 9.84 Å². The topological polar surface area (TPSA) is 108 Å². The van der Waals surface area contributed by atoms with Gasteiger partial charge in [0.15, 0.2) is 0 Å². The van der Waals surface area contributed by atoms with Gasteiger partial charge in [-0.05, 0) is 12.8 Å². The highest BCUT2D eigenvalue weighted by atomic mass is 16.5. The summed E-state index contributed by atoms with van der Waals surface area (Å²) in [7, 11) is 1.54. The van der Waals surface area contributed by atoms with Crippen molar-refractivity contribution >= 4 is 17.9 Å². The van der Waals surface area contributed by atoms with Gasteiger partial charge in [0.2, 0.25) is 5.91 Å². The molecule has 3 amide bonds. The third-order valence-corrected chi connectivity index (χ3v) is 3.06. The first-order chi connectivity index (χ1) is 9.56. The number of hydrogen-bond acceptors (Lipinski definition) is 4. The number of carbonyl (C=O) groups is 3. The third-order valence-electron chi connectivity index (χ3n) is 3.06. The van der Waals surface area contributed by atoms with Gasteiger partial charge in [-0.15, -0.1) is 0 Å². The maximum Gasteiger partial charge on any atom is 0.326 e. The van der Waals surface area contributed by atoms with Crippen LogP contribution in [0.1, 0.15) is 19.3 Å². The molecule has 1 fully saturated rings. The van der Waals surface area contributed by atoms with E-state index in [-0.39, 0.29) is 18.9 Å². The Morgan fingerprint density at radius 2 is 2.05 bits per heavy atom. The zero-order valence-electron chi connectivity index (χ0n) is 11.6. The quantitative estimate of drug-likeness (QED) is 0.542. The fourth-order valence-corrected chi connectivity index (χ4v) is 2.03. The Labute approximate surface area is 117 Å². The van der Waals surface area contributed by atoms with Gasteiger partial charge < -0.3 is 25.4 Å². The maximum atomic E-state index is 11.8. The highest BCUT2D eigenvalue weighted by Crippen LogP contribution is 2.17.